The van der Waals surface area contributed by atoms with Crippen molar-refractivity contribution in [1.29, 1.82) is 0 Å². The van der Waals surface area contributed by atoms with Crippen molar-refractivity contribution in [3.05, 3.63) is 77.6 Å². The highest BCUT2D eigenvalue weighted by atomic mass is 16.2. The number of aromatic nitrogens is 2. The standard InChI is InChI=1S/C27H25N3O/c1-17-7-3-4-8-20(17)19-13-22-23(16-29-25(22)28-15-19)18-9-10-21-24(14-18)27(30-26(21)31)11-5-2-6-12-27/h3-4,7-10,13-16H,2,5-6,11-12H2,1H3,(H,28,29)(H,30,31). The Hall–Kier alpha value is -3.40. The summed E-state index contributed by atoms with van der Waals surface area (Å²) in [4.78, 5) is 20.7. The predicted molar refractivity (Wildman–Crippen MR) is 124 cm³/mol. The molecule has 1 amide bonds. The Kier molecular flexibility index (Phi) is 4.04. The number of carbonyl (C=O) groups is 1. The molecule has 1 saturated carbocycles. The zero-order chi connectivity index (χ0) is 21.0. The number of hydrogen-bond donors (Lipinski definition) is 2. The van der Waals surface area contributed by atoms with Crippen LogP contribution in [0.1, 0.15) is 53.6 Å². The van der Waals surface area contributed by atoms with Crippen LogP contribution in [-0.2, 0) is 5.54 Å². The Labute approximate surface area is 181 Å². The molecule has 31 heavy (non-hydrogen) atoms. The Bertz CT molecular complexity index is 1330. The molecule has 1 spiro atoms. The van der Waals surface area contributed by atoms with Gasteiger partial charge in [-0.3, -0.25) is 4.79 Å². The van der Waals surface area contributed by atoms with Crippen LogP contribution in [0.3, 0.4) is 0 Å². The SMILES string of the molecule is Cc1ccccc1-c1cnc2[nH]cc(-c3ccc4c(c3)C3(CCCCC3)NC4=O)c2c1. The van der Waals surface area contributed by atoms with Crippen LogP contribution >= 0.6 is 0 Å². The first-order valence-electron chi connectivity index (χ1n) is 11.2. The van der Waals surface area contributed by atoms with Gasteiger partial charge in [0.25, 0.3) is 5.91 Å². The number of carbonyl (C=O) groups excluding carboxylic acids is 1. The highest BCUT2D eigenvalue weighted by Crippen LogP contribution is 2.44. The van der Waals surface area contributed by atoms with Gasteiger partial charge in [-0.15, -0.1) is 0 Å². The lowest BCUT2D eigenvalue weighted by Crippen LogP contribution is -2.40. The zero-order valence-corrected chi connectivity index (χ0v) is 17.7. The number of aryl methyl sites for hydroxylation is 1. The Morgan fingerprint density at radius 3 is 2.58 bits per heavy atom. The number of pyridine rings is 1. The van der Waals surface area contributed by atoms with Gasteiger partial charge in [0.05, 0.1) is 5.54 Å². The molecule has 4 heteroatoms. The molecular formula is C27H25N3O. The second kappa shape index (κ2) is 6.81. The van der Waals surface area contributed by atoms with Gasteiger partial charge in [0.2, 0.25) is 0 Å². The molecule has 2 aromatic carbocycles. The summed E-state index contributed by atoms with van der Waals surface area (Å²) in [7, 11) is 0. The fourth-order valence-corrected chi connectivity index (χ4v) is 5.49. The van der Waals surface area contributed by atoms with E-state index < -0.39 is 0 Å². The molecule has 2 N–H and O–H groups in total. The van der Waals surface area contributed by atoms with Crippen LogP contribution in [0.2, 0.25) is 0 Å². The van der Waals surface area contributed by atoms with Crippen molar-refractivity contribution in [3.8, 4) is 22.3 Å². The van der Waals surface area contributed by atoms with Crippen LogP contribution in [0.4, 0.5) is 0 Å². The van der Waals surface area contributed by atoms with E-state index in [1.54, 1.807) is 0 Å². The van der Waals surface area contributed by atoms with Crippen LogP contribution in [0.15, 0.2) is 60.9 Å². The third-order valence-electron chi connectivity index (χ3n) is 7.14. The summed E-state index contributed by atoms with van der Waals surface area (Å²) in [6.07, 6.45) is 9.63. The molecule has 0 atom stereocenters. The van der Waals surface area contributed by atoms with Gasteiger partial charge in [0, 0.05) is 34.5 Å². The van der Waals surface area contributed by atoms with Crippen molar-refractivity contribution >= 4 is 16.9 Å². The van der Waals surface area contributed by atoms with E-state index in [4.69, 9.17) is 4.98 Å². The van der Waals surface area contributed by atoms with Gasteiger partial charge in [0.1, 0.15) is 5.65 Å². The zero-order valence-electron chi connectivity index (χ0n) is 17.7. The van der Waals surface area contributed by atoms with E-state index in [-0.39, 0.29) is 11.4 Å². The number of fused-ring (bicyclic) bond motifs is 3. The molecule has 0 bridgehead atoms. The summed E-state index contributed by atoms with van der Waals surface area (Å²) in [5.74, 6) is 0.0749. The van der Waals surface area contributed by atoms with E-state index in [9.17, 15) is 4.79 Å². The average Bonchev–Trinajstić information content (AvgIpc) is 3.33. The van der Waals surface area contributed by atoms with Crippen LogP contribution in [0, 0.1) is 6.92 Å². The van der Waals surface area contributed by atoms with E-state index in [1.807, 2.05) is 18.5 Å². The average molecular weight is 408 g/mol. The maximum atomic E-state index is 12.7. The highest BCUT2D eigenvalue weighted by Gasteiger charge is 2.43. The molecule has 6 rings (SSSR count). The Balaban J connectivity index is 1.49. The fraction of sp³-hybridized carbons (Fsp3) is 0.259. The molecule has 0 unspecified atom stereocenters. The van der Waals surface area contributed by atoms with Crippen LogP contribution in [-0.4, -0.2) is 15.9 Å². The van der Waals surface area contributed by atoms with Crippen molar-refractivity contribution in [3.63, 3.8) is 0 Å². The molecule has 1 aliphatic heterocycles. The van der Waals surface area contributed by atoms with Crippen molar-refractivity contribution in [2.75, 3.05) is 0 Å². The lowest BCUT2D eigenvalue weighted by atomic mass is 9.77. The second-order valence-electron chi connectivity index (χ2n) is 8.99. The molecular weight excluding hydrogens is 382 g/mol. The first-order valence-corrected chi connectivity index (χ1v) is 11.2. The smallest absolute Gasteiger partial charge is 0.252 e. The molecule has 3 heterocycles. The summed E-state index contributed by atoms with van der Waals surface area (Å²) < 4.78 is 0. The van der Waals surface area contributed by atoms with Crippen LogP contribution in [0.25, 0.3) is 33.3 Å². The van der Waals surface area contributed by atoms with E-state index in [0.29, 0.717) is 0 Å². The maximum absolute atomic E-state index is 12.7. The first kappa shape index (κ1) is 18.4. The van der Waals surface area contributed by atoms with Gasteiger partial charge in [-0.05, 0) is 60.2 Å². The molecule has 0 saturated heterocycles. The van der Waals surface area contributed by atoms with Gasteiger partial charge in [-0.1, -0.05) is 49.6 Å². The van der Waals surface area contributed by atoms with E-state index in [0.717, 1.165) is 46.1 Å². The number of H-pyrrole nitrogens is 1. The minimum absolute atomic E-state index is 0.0749. The quantitative estimate of drug-likeness (QED) is 0.421. The van der Waals surface area contributed by atoms with Gasteiger partial charge in [-0.25, -0.2) is 4.98 Å². The van der Waals surface area contributed by atoms with Crippen LogP contribution < -0.4 is 5.32 Å². The normalized spacial score (nSPS) is 17.1. The van der Waals surface area contributed by atoms with Gasteiger partial charge in [-0.2, -0.15) is 0 Å². The lowest BCUT2D eigenvalue weighted by molar-refractivity contribution is 0.0909. The molecule has 1 aliphatic carbocycles. The predicted octanol–water partition coefficient (Wildman–Crippen LogP) is 6.11. The molecule has 1 fully saturated rings. The number of amides is 1. The van der Waals surface area contributed by atoms with E-state index >= 15 is 0 Å². The van der Waals surface area contributed by atoms with Crippen molar-refractivity contribution in [2.45, 2.75) is 44.6 Å². The number of aromatic amines is 1. The van der Waals surface area contributed by atoms with Gasteiger partial charge >= 0.3 is 0 Å². The Morgan fingerprint density at radius 1 is 0.903 bits per heavy atom. The third kappa shape index (κ3) is 2.82. The molecule has 4 aromatic rings. The number of benzene rings is 2. The Morgan fingerprint density at radius 2 is 1.74 bits per heavy atom. The van der Waals surface area contributed by atoms with Crippen molar-refractivity contribution in [1.82, 2.24) is 15.3 Å². The topological polar surface area (TPSA) is 57.8 Å². The highest BCUT2D eigenvalue weighted by molar-refractivity contribution is 6.02. The number of nitrogens with zero attached hydrogens (tertiary/aromatic N) is 1. The number of nitrogens with one attached hydrogen (secondary N) is 2. The summed E-state index contributed by atoms with van der Waals surface area (Å²) in [6, 6.07) is 16.9. The number of hydrogen-bond acceptors (Lipinski definition) is 2. The minimum Gasteiger partial charge on any atom is -0.346 e. The number of rotatable bonds is 2. The largest absolute Gasteiger partial charge is 0.346 e. The maximum Gasteiger partial charge on any atom is 0.252 e. The molecule has 2 aliphatic rings. The first-order chi connectivity index (χ1) is 15.1. The monoisotopic (exact) mass is 407 g/mol. The summed E-state index contributed by atoms with van der Waals surface area (Å²) in [5.41, 5.74) is 8.54. The van der Waals surface area contributed by atoms with Gasteiger partial charge in [0.15, 0.2) is 0 Å². The van der Waals surface area contributed by atoms with Gasteiger partial charge < -0.3 is 10.3 Å². The molecule has 2 aromatic heterocycles. The minimum atomic E-state index is -0.183. The summed E-state index contributed by atoms with van der Waals surface area (Å²) >= 11 is 0. The summed E-state index contributed by atoms with van der Waals surface area (Å²) in [6.45, 7) is 2.13. The second-order valence-corrected chi connectivity index (χ2v) is 8.99. The van der Waals surface area contributed by atoms with Crippen molar-refractivity contribution < 1.29 is 4.79 Å². The fourth-order valence-electron chi connectivity index (χ4n) is 5.49. The molecule has 4 nitrogen and oxygen atoms in total. The third-order valence-corrected chi connectivity index (χ3v) is 7.14. The van der Waals surface area contributed by atoms with E-state index in [1.165, 1.54) is 36.0 Å². The van der Waals surface area contributed by atoms with E-state index in [2.05, 4.69) is 59.7 Å². The van der Waals surface area contributed by atoms with Crippen LogP contribution in [0.5, 0.6) is 0 Å². The van der Waals surface area contributed by atoms with Crippen molar-refractivity contribution in [2.24, 2.45) is 0 Å². The lowest BCUT2D eigenvalue weighted by Gasteiger charge is -2.34. The summed E-state index contributed by atoms with van der Waals surface area (Å²) in [5, 5.41) is 4.43. The molecule has 0 radical (unpaired) electrons. The molecule has 154 valence electrons.